The molecule has 0 N–H and O–H groups in total. The molecule has 1 unspecified atom stereocenters. The van der Waals surface area contributed by atoms with Crippen molar-refractivity contribution in [2.45, 2.75) is 51.7 Å². The van der Waals surface area contributed by atoms with Crippen molar-refractivity contribution in [3.05, 3.63) is 28.8 Å². The third kappa shape index (κ3) is 4.64. The van der Waals surface area contributed by atoms with E-state index in [0.29, 0.717) is 12.3 Å². The van der Waals surface area contributed by atoms with Gasteiger partial charge in [0.2, 0.25) is 5.91 Å². The Kier molecular flexibility index (Phi) is 6.01. The molecule has 5 heteroatoms. The van der Waals surface area contributed by atoms with Crippen LogP contribution < -0.4 is 4.74 Å². The molecule has 24 heavy (non-hydrogen) atoms. The standard InChI is InChI=1S/C19H27ClN2O2/c1-15-13-21(14-16-12-17(20)6-7-18(16)24-15)11-8-19(23)22-9-4-2-3-5-10-22/h6-7,12,15H,2-5,8-11,13-14H2,1H3. The summed E-state index contributed by atoms with van der Waals surface area (Å²) < 4.78 is 5.99. The molecule has 0 saturated carbocycles. The van der Waals surface area contributed by atoms with Crippen molar-refractivity contribution in [2.24, 2.45) is 0 Å². The van der Waals surface area contributed by atoms with Crippen molar-refractivity contribution < 1.29 is 9.53 Å². The highest BCUT2D eigenvalue weighted by Crippen LogP contribution is 2.28. The summed E-state index contributed by atoms with van der Waals surface area (Å²) in [5.41, 5.74) is 1.11. The molecule has 132 valence electrons. The van der Waals surface area contributed by atoms with E-state index >= 15 is 0 Å². The third-order valence-electron chi connectivity index (χ3n) is 4.86. The van der Waals surface area contributed by atoms with Crippen molar-refractivity contribution in [2.75, 3.05) is 26.2 Å². The predicted molar refractivity (Wildman–Crippen MR) is 96.5 cm³/mol. The van der Waals surface area contributed by atoms with Gasteiger partial charge in [-0.1, -0.05) is 24.4 Å². The van der Waals surface area contributed by atoms with Gasteiger partial charge >= 0.3 is 0 Å². The van der Waals surface area contributed by atoms with Crippen LogP contribution in [0.3, 0.4) is 0 Å². The minimum atomic E-state index is 0.112. The van der Waals surface area contributed by atoms with Gasteiger partial charge in [-0.15, -0.1) is 0 Å². The van der Waals surface area contributed by atoms with Crippen LogP contribution in [0.25, 0.3) is 0 Å². The number of halogens is 1. The fourth-order valence-electron chi connectivity index (χ4n) is 3.61. The molecule has 1 aromatic carbocycles. The quantitative estimate of drug-likeness (QED) is 0.833. The molecule has 2 aliphatic heterocycles. The molecular weight excluding hydrogens is 324 g/mol. The summed E-state index contributed by atoms with van der Waals surface area (Å²) in [5, 5.41) is 0.729. The highest BCUT2D eigenvalue weighted by molar-refractivity contribution is 6.30. The zero-order chi connectivity index (χ0) is 16.9. The maximum absolute atomic E-state index is 12.5. The van der Waals surface area contributed by atoms with E-state index in [4.69, 9.17) is 16.3 Å². The van der Waals surface area contributed by atoms with Crippen molar-refractivity contribution in [1.29, 1.82) is 0 Å². The fourth-order valence-corrected chi connectivity index (χ4v) is 3.81. The molecule has 2 aliphatic rings. The van der Waals surface area contributed by atoms with Gasteiger partial charge < -0.3 is 9.64 Å². The van der Waals surface area contributed by atoms with E-state index in [-0.39, 0.29) is 6.10 Å². The van der Waals surface area contributed by atoms with Crippen LogP contribution in [0.15, 0.2) is 18.2 Å². The number of rotatable bonds is 3. The van der Waals surface area contributed by atoms with Gasteiger partial charge in [-0.05, 0) is 38.0 Å². The Morgan fingerprint density at radius 3 is 2.75 bits per heavy atom. The minimum Gasteiger partial charge on any atom is -0.489 e. The molecule has 1 atom stereocenters. The molecule has 1 amide bonds. The highest BCUT2D eigenvalue weighted by atomic mass is 35.5. The number of nitrogens with zero attached hydrogens (tertiary/aromatic N) is 2. The topological polar surface area (TPSA) is 32.8 Å². The van der Waals surface area contributed by atoms with Crippen molar-refractivity contribution in [3.63, 3.8) is 0 Å². The molecule has 3 rings (SSSR count). The number of fused-ring (bicyclic) bond motifs is 1. The lowest BCUT2D eigenvalue weighted by Crippen LogP contribution is -2.37. The number of benzene rings is 1. The number of carbonyl (C=O) groups is 1. The first-order valence-electron chi connectivity index (χ1n) is 9.07. The Hall–Kier alpha value is -1.26. The lowest BCUT2D eigenvalue weighted by atomic mass is 10.2. The number of likely N-dealkylation sites (tertiary alicyclic amines) is 1. The Morgan fingerprint density at radius 1 is 1.25 bits per heavy atom. The van der Waals surface area contributed by atoms with Crippen LogP contribution in [-0.2, 0) is 11.3 Å². The van der Waals surface area contributed by atoms with E-state index in [1.165, 1.54) is 12.8 Å². The van der Waals surface area contributed by atoms with Gasteiger partial charge in [-0.25, -0.2) is 0 Å². The van der Waals surface area contributed by atoms with Crippen LogP contribution >= 0.6 is 11.6 Å². The number of carbonyl (C=O) groups excluding carboxylic acids is 1. The van der Waals surface area contributed by atoms with Gasteiger partial charge in [0.25, 0.3) is 0 Å². The summed E-state index contributed by atoms with van der Waals surface area (Å²) in [6, 6.07) is 5.78. The average molecular weight is 351 g/mol. The van der Waals surface area contributed by atoms with Gasteiger partial charge in [0.15, 0.2) is 0 Å². The molecule has 1 saturated heterocycles. The van der Waals surface area contributed by atoms with Crippen LogP contribution in [0.2, 0.25) is 5.02 Å². The van der Waals surface area contributed by atoms with Crippen molar-refractivity contribution in [1.82, 2.24) is 9.80 Å². The van der Waals surface area contributed by atoms with E-state index in [1.54, 1.807) is 0 Å². The predicted octanol–water partition coefficient (Wildman–Crippen LogP) is 3.72. The summed E-state index contributed by atoms with van der Waals surface area (Å²) in [6.45, 7) is 6.32. The number of amides is 1. The summed E-state index contributed by atoms with van der Waals surface area (Å²) in [4.78, 5) is 16.9. The van der Waals surface area contributed by atoms with Crippen LogP contribution in [0.5, 0.6) is 5.75 Å². The summed E-state index contributed by atoms with van der Waals surface area (Å²) in [7, 11) is 0. The number of hydrogen-bond donors (Lipinski definition) is 0. The Labute approximate surface area is 149 Å². The molecule has 0 aromatic heterocycles. The fraction of sp³-hybridized carbons (Fsp3) is 0.632. The number of hydrogen-bond acceptors (Lipinski definition) is 3. The Morgan fingerprint density at radius 2 is 2.00 bits per heavy atom. The molecule has 1 aromatic rings. The van der Waals surface area contributed by atoms with Gasteiger partial charge in [0.05, 0.1) is 0 Å². The average Bonchev–Trinajstić information content (AvgIpc) is 2.91. The molecule has 2 heterocycles. The third-order valence-corrected chi connectivity index (χ3v) is 5.10. The maximum Gasteiger partial charge on any atom is 0.223 e. The first-order chi connectivity index (χ1) is 11.6. The molecule has 0 spiro atoms. The highest BCUT2D eigenvalue weighted by Gasteiger charge is 2.22. The van der Waals surface area contributed by atoms with Crippen molar-refractivity contribution in [3.8, 4) is 5.75 Å². The van der Waals surface area contributed by atoms with Crippen LogP contribution in [0.1, 0.15) is 44.6 Å². The molecule has 1 fully saturated rings. The SMILES string of the molecule is CC1CN(CCC(=O)N2CCCCCC2)Cc2cc(Cl)ccc2O1. The van der Waals surface area contributed by atoms with E-state index < -0.39 is 0 Å². The van der Waals surface area contributed by atoms with Crippen molar-refractivity contribution >= 4 is 17.5 Å². The van der Waals surface area contributed by atoms with E-state index in [1.807, 2.05) is 18.2 Å². The first-order valence-corrected chi connectivity index (χ1v) is 9.45. The normalized spacial score (nSPS) is 22.2. The van der Waals surface area contributed by atoms with Crippen LogP contribution in [0, 0.1) is 0 Å². The monoisotopic (exact) mass is 350 g/mol. The lowest BCUT2D eigenvalue weighted by molar-refractivity contribution is -0.131. The van der Waals surface area contributed by atoms with E-state index in [0.717, 1.165) is 61.9 Å². The Balaban J connectivity index is 1.59. The van der Waals surface area contributed by atoms with Gasteiger partial charge in [0, 0.05) is 49.7 Å². The summed E-state index contributed by atoms with van der Waals surface area (Å²) >= 11 is 6.12. The molecule has 0 radical (unpaired) electrons. The number of ether oxygens (including phenoxy) is 1. The largest absolute Gasteiger partial charge is 0.489 e. The second kappa shape index (κ2) is 8.21. The van der Waals surface area contributed by atoms with Gasteiger partial charge in [0.1, 0.15) is 11.9 Å². The lowest BCUT2D eigenvalue weighted by Gasteiger charge is -2.24. The molecule has 4 nitrogen and oxygen atoms in total. The second-order valence-electron chi connectivity index (χ2n) is 6.96. The van der Waals surface area contributed by atoms with Gasteiger partial charge in [-0.2, -0.15) is 0 Å². The molecule has 0 aliphatic carbocycles. The summed E-state index contributed by atoms with van der Waals surface area (Å²) in [6.07, 6.45) is 5.49. The first kappa shape index (κ1) is 17.6. The van der Waals surface area contributed by atoms with Gasteiger partial charge in [-0.3, -0.25) is 9.69 Å². The zero-order valence-corrected chi connectivity index (χ0v) is 15.2. The Bertz CT molecular complexity index is 570. The van der Waals surface area contributed by atoms with Crippen LogP contribution in [0.4, 0.5) is 0 Å². The maximum atomic E-state index is 12.5. The molecular formula is C19H27ClN2O2. The zero-order valence-electron chi connectivity index (χ0n) is 14.5. The smallest absolute Gasteiger partial charge is 0.223 e. The van der Waals surface area contributed by atoms with Crippen LogP contribution in [-0.4, -0.2) is 48.0 Å². The van der Waals surface area contributed by atoms with E-state index in [2.05, 4.69) is 16.7 Å². The van der Waals surface area contributed by atoms with E-state index in [9.17, 15) is 4.79 Å². The molecule has 0 bridgehead atoms. The second-order valence-corrected chi connectivity index (χ2v) is 7.40. The summed E-state index contributed by atoms with van der Waals surface area (Å²) in [5.74, 6) is 1.20. The minimum absolute atomic E-state index is 0.112.